The van der Waals surface area contributed by atoms with E-state index in [1.54, 1.807) is 12.1 Å². The molecule has 28 heavy (non-hydrogen) atoms. The molecule has 0 spiro atoms. The number of pyridine rings is 1. The predicted octanol–water partition coefficient (Wildman–Crippen LogP) is 1.94. The molecule has 1 aromatic heterocycles. The first-order valence-electron chi connectivity index (χ1n) is 9.83. The van der Waals surface area contributed by atoms with Crippen molar-refractivity contribution in [2.75, 3.05) is 31.1 Å². The highest BCUT2D eigenvalue weighted by atomic mass is 16.1. The number of aryl methyl sites for hydroxylation is 1. The van der Waals surface area contributed by atoms with Crippen LogP contribution in [0.25, 0.3) is 10.9 Å². The number of nitrogens with one attached hydrogen (secondary N) is 2. The van der Waals surface area contributed by atoms with E-state index in [0.717, 1.165) is 43.0 Å². The van der Waals surface area contributed by atoms with Crippen molar-refractivity contribution in [3.05, 3.63) is 75.6 Å². The number of aromatic nitrogens is 1. The number of rotatable bonds is 4. The zero-order chi connectivity index (χ0) is 19.7. The standard InChI is InChI=1S/C23H25N3O2/c1-16-21(23(28)20-14-18(17(2)27)8-9-22(20)24-16)15-25-10-12-26(13-11-25)19-6-4-3-5-7-19/h3-9,14H,10-13,15H2,1-2H3,(H,24,28)/p+1. The van der Waals surface area contributed by atoms with Gasteiger partial charge in [0.1, 0.15) is 6.54 Å². The number of quaternary nitrogens is 1. The van der Waals surface area contributed by atoms with Crippen LogP contribution in [0.5, 0.6) is 0 Å². The third kappa shape index (κ3) is 3.58. The molecule has 4 rings (SSSR count). The van der Waals surface area contributed by atoms with Crippen molar-refractivity contribution in [2.24, 2.45) is 0 Å². The second kappa shape index (κ2) is 7.60. The second-order valence-electron chi connectivity index (χ2n) is 7.62. The lowest BCUT2D eigenvalue weighted by Gasteiger charge is -2.33. The number of piperazine rings is 1. The molecule has 2 heterocycles. The number of nitrogens with zero attached hydrogens (tertiary/aromatic N) is 1. The molecule has 0 amide bonds. The molecule has 3 aromatic rings. The van der Waals surface area contributed by atoms with Crippen LogP contribution >= 0.6 is 0 Å². The van der Waals surface area contributed by atoms with Gasteiger partial charge >= 0.3 is 0 Å². The number of para-hydroxylation sites is 1. The lowest BCUT2D eigenvalue weighted by Crippen LogP contribution is -3.13. The van der Waals surface area contributed by atoms with E-state index in [9.17, 15) is 9.59 Å². The van der Waals surface area contributed by atoms with Crippen LogP contribution in [0.15, 0.2) is 53.3 Å². The number of fused-ring (bicyclic) bond motifs is 1. The fourth-order valence-corrected chi connectivity index (χ4v) is 4.03. The average molecular weight is 376 g/mol. The molecule has 5 nitrogen and oxygen atoms in total. The molecule has 2 aromatic carbocycles. The molecule has 1 aliphatic rings. The Morgan fingerprint density at radius 2 is 1.82 bits per heavy atom. The van der Waals surface area contributed by atoms with Gasteiger partial charge in [-0.1, -0.05) is 18.2 Å². The minimum Gasteiger partial charge on any atom is -0.360 e. The van der Waals surface area contributed by atoms with Crippen molar-refractivity contribution in [3.63, 3.8) is 0 Å². The van der Waals surface area contributed by atoms with Gasteiger partial charge in [0.25, 0.3) is 0 Å². The van der Waals surface area contributed by atoms with E-state index >= 15 is 0 Å². The van der Waals surface area contributed by atoms with Crippen molar-refractivity contribution < 1.29 is 9.69 Å². The van der Waals surface area contributed by atoms with Gasteiger partial charge < -0.3 is 14.8 Å². The first-order chi connectivity index (χ1) is 13.5. The molecule has 0 atom stereocenters. The highest BCUT2D eigenvalue weighted by Gasteiger charge is 2.22. The summed E-state index contributed by atoms with van der Waals surface area (Å²) in [6.45, 7) is 8.18. The Labute approximate surface area is 164 Å². The van der Waals surface area contributed by atoms with Crippen LogP contribution in [-0.4, -0.2) is 36.9 Å². The quantitative estimate of drug-likeness (QED) is 0.685. The highest BCUT2D eigenvalue weighted by molar-refractivity contribution is 5.97. The summed E-state index contributed by atoms with van der Waals surface area (Å²) >= 11 is 0. The summed E-state index contributed by atoms with van der Waals surface area (Å²) in [6.07, 6.45) is 0. The van der Waals surface area contributed by atoms with Gasteiger partial charge in [-0.3, -0.25) is 9.59 Å². The molecule has 1 saturated heterocycles. The maximum absolute atomic E-state index is 13.1. The molecule has 1 aliphatic heterocycles. The Morgan fingerprint density at radius 3 is 2.50 bits per heavy atom. The third-order valence-electron chi connectivity index (χ3n) is 5.74. The van der Waals surface area contributed by atoms with Crippen LogP contribution in [0.4, 0.5) is 5.69 Å². The molecule has 0 bridgehead atoms. The van der Waals surface area contributed by atoms with Gasteiger partial charge in [0.2, 0.25) is 0 Å². The van der Waals surface area contributed by atoms with E-state index in [1.165, 1.54) is 17.5 Å². The molecule has 0 aliphatic carbocycles. The summed E-state index contributed by atoms with van der Waals surface area (Å²) in [5.41, 5.74) is 4.43. The minimum atomic E-state index is -0.0221. The van der Waals surface area contributed by atoms with Crippen LogP contribution in [-0.2, 0) is 6.54 Å². The topological polar surface area (TPSA) is 57.6 Å². The van der Waals surface area contributed by atoms with Crippen molar-refractivity contribution in [1.82, 2.24) is 4.98 Å². The number of aromatic amines is 1. The largest absolute Gasteiger partial charge is 0.360 e. The average Bonchev–Trinajstić information content (AvgIpc) is 2.72. The van der Waals surface area contributed by atoms with E-state index < -0.39 is 0 Å². The van der Waals surface area contributed by atoms with Crippen molar-refractivity contribution in [2.45, 2.75) is 20.4 Å². The number of hydrogen-bond donors (Lipinski definition) is 2. The molecule has 144 valence electrons. The number of H-pyrrole nitrogens is 1. The maximum atomic E-state index is 13.1. The number of ketones is 1. The molecule has 1 fully saturated rings. The van der Waals surface area contributed by atoms with Gasteiger partial charge in [-0.25, -0.2) is 0 Å². The normalized spacial score (nSPS) is 15.1. The Kier molecular flexibility index (Phi) is 5.01. The summed E-state index contributed by atoms with van der Waals surface area (Å²) in [5, 5.41) is 0.607. The summed E-state index contributed by atoms with van der Waals surface area (Å²) in [5.74, 6) is -0.0221. The smallest absolute Gasteiger partial charge is 0.198 e. The summed E-state index contributed by atoms with van der Waals surface area (Å²) < 4.78 is 0. The van der Waals surface area contributed by atoms with Gasteiger partial charge in [0.05, 0.1) is 31.7 Å². The SMILES string of the molecule is CC(=O)c1ccc2[nH]c(C)c(C[NH+]3CCN(c4ccccc4)CC3)c(=O)c2c1. The zero-order valence-corrected chi connectivity index (χ0v) is 16.4. The van der Waals surface area contributed by atoms with Gasteiger partial charge in [-0.2, -0.15) is 0 Å². The van der Waals surface area contributed by atoms with E-state index in [0.29, 0.717) is 17.5 Å². The highest BCUT2D eigenvalue weighted by Crippen LogP contribution is 2.15. The lowest BCUT2D eigenvalue weighted by atomic mass is 10.0. The van der Waals surface area contributed by atoms with Crippen LogP contribution in [0.2, 0.25) is 0 Å². The molecular weight excluding hydrogens is 350 g/mol. The number of hydrogen-bond acceptors (Lipinski definition) is 3. The Morgan fingerprint density at radius 1 is 1.11 bits per heavy atom. The Hall–Kier alpha value is -2.92. The van der Waals surface area contributed by atoms with Gasteiger partial charge in [-0.05, 0) is 44.2 Å². The molecule has 0 saturated carbocycles. The molecule has 2 N–H and O–H groups in total. The van der Waals surface area contributed by atoms with E-state index in [4.69, 9.17) is 0 Å². The van der Waals surface area contributed by atoms with E-state index in [1.807, 2.05) is 19.1 Å². The number of benzene rings is 2. The predicted molar refractivity (Wildman–Crippen MR) is 112 cm³/mol. The van der Waals surface area contributed by atoms with Crippen LogP contribution in [0.1, 0.15) is 28.5 Å². The number of Topliss-reactive ketones (excluding diaryl/α,β-unsaturated/α-hetero) is 1. The minimum absolute atomic E-state index is 0.0221. The van der Waals surface area contributed by atoms with E-state index in [-0.39, 0.29) is 11.2 Å². The number of anilines is 1. The molecule has 0 unspecified atom stereocenters. The number of carbonyl (C=O) groups is 1. The summed E-state index contributed by atoms with van der Waals surface area (Å²) in [7, 11) is 0. The lowest BCUT2D eigenvalue weighted by molar-refractivity contribution is -0.914. The first-order valence-corrected chi connectivity index (χ1v) is 9.83. The molecule has 5 heteroatoms. The summed E-state index contributed by atoms with van der Waals surface area (Å²) in [4.78, 5) is 32.0. The van der Waals surface area contributed by atoms with E-state index in [2.05, 4.69) is 34.1 Å². The van der Waals surface area contributed by atoms with Gasteiger partial charge in [0.15, 0.2) is 11.2 Å². The number of carbonyl (C=O) groups excluding carboxylic acids is 1. The third-order valence-corrected chi connectivity index (χ3v) is 5.74. The second-order valence-corrected chi connectivity index (χ2v) is 7.62. The van der Waals surface area contributed by atoms with Crippen molar-refractivity contribution in [1.29, 1.82) is 0 Å². The van der Waals surface area contributed by atoms with Crippen LogP contribution < -0.4 is 15.2 Å². The summed E-state index contributed by atoms with van der Waals surface area (Å²) in [6, 6.07) is 15.8. The molecule has 0 radical (unpaired) electrons. The Balaban J connectivity index is 1.55. The zero-order valence-electron chi connectivity index (χ0n) is 16.4. The van der Waals surface area contributed by atoms with Crippen molar-refractivity contribution >= 4 is 22.4 Å². The first kappa shape index (κ1) is 18.4. The van der Waals surface area contributed by atoms with Crippen LogP contribution in [0, 0.1) is 6.92 Å². The fourth-order valence-electron chi connectivity index (χ4n) is 4.03. The van der Waals surface area contributed by atoms with Crippen molar-refractivity contribution in [3.8, 4) is 0 Å². The van der Waals surface area contributed by atoms with Gasteiger partial charge in [-0.15, -0.1) is 0 Å². The monoisotopic (exact) mass is 376 g/mol. The molecular formula is C23H26N3O2+. The van der Waals surface area contributed by atoms with Gasteiger partial charge in [0, 0.05) is 27.8 Å². The fraction of sp³-hybridized carbons (Fsp3) is 0.304. The van der Waals surface area contributed by atoms with Crippen LogP contribution in [0.3, 0.4) is 0 Å². The maximum Gasteiger partial charge on any atom is 0.198 e. The Bertz CT molecular complexity index is 1060.